The molecule has 20 heavy (non-hydrogen) atoms. The van der Waals surface area contributed by atoms with Gasteiger partial charge in [-0.15, -0.1) is 0 Å². The van der Waals surface area contributed by atoms with Gasteiger partial charge in [0.05, 0.1) is 6.04 Å². The summed E-state index contributed by atoms with van der Waals surface area (Å²) in [7, 11) is 0. The highest BCUT2D eigenvalue weighted by molar-refractivity contribution is 7.98. The van der Waals surface area contributed by atoms with Gasteiger partial charge in [0, 0.05) is 13.1 Å². The van der Waals surface area contributed by atoms with E-state index in [1.165, 1.54) is 11.8 Å². The Kier molecular flexibility index (Phi) is 5.31. The molecule has 0 radical (unpaired) electrons. The van der Waals surface area contributed by atoms with Crippen LogP contribution in [0.2, 0.25) is 0 Å². The minimum Gasteiger partial charge on any atom is -0.481 e. The van der Waals surface area contributed by atoms with Crippen LogP contribution < -0.4 is 5.73 Å². The van der Waals surface area contributed by atoms with E-state index in [9.17, 15) is 22.8 Å². The topological polar surface area (TPSA) is 83.6 Å². The number of carboxylic acids is 1. The Morgan fingerprint density at radius 2 is 2.10 bits per heavy atom. The highest BCUT2D eigenvalue weighted by Crippen LogP contribution is 2.45. The van der Waals surface area contributed by atoms with E-state index in [2.05, 4.69) is 0 Å². The van der Waals surface area contributed by atoms with E-state index in [0.717, 1.165) is 4.90 Å². The normalized spacial score (nSPS) is 24.8. The van der Waals surface area contributed by atoms with Gasteiger partial charge in [0.1, 0.15) is 0 Å². The molecule has 1 aliphatic heterocycles. The first-order chi connectivity index (χ1) is 9.15. The minimum absolute atomic E-state index is 0.238. The standard InChI is InChI=1S/C11H17F3N2O3S/c1-20-5-2-7(15)8(17)16-4-3-10(6-16,9(18)19)11(12,13)14/h7H,2-6,15H2,1H3,(H,18,19)/t7-,10?/m0/s1. The van der Waals surface area contributed by atoms with Crippen LogP contribution in [-0.2, 0) is 9.59 Å². The van der Waals surface area contributed by atoms with Crippen LogP contribution in [0.5, 0.6) is 0 Å². The summed E-state index contributed by atoms with van der Waals surface area (Å²) in [6.07, 6.45) is -3.35. The van der Waals surface area contributed by atoms with Gasteiger partial charge < -0.3 is 15.7 Å². The fourth-order valence-corrected chi connectivity index (χ4v) is 2.62. The molecule has 0 aromatic heterocycles. The maximum atomic E-state index is 13.0. The van der Waals surface area contributed by atoms with Crippen LogP contribution in [0.15, 0.2) is 0 Å². The SMILES string of the molecule is CSCC[C@H](N)C(=O)N1CCC(C(=O)O)(C(F)(F)F)C1. The number of aliphatic carboxylic acids is 1. The first kappa shape index (κ1) is 17.1. The predicted octanol–water partition coefficient (Wildman–Crippen LogP) is 0.932. The number of carboxylic acid groups (broad SMARTS) is 1. The smallest absolute Gasteiger partial charge is 0.406 e. The molecular formula is C11H17F3N2O3S. The van der Waals surface area contributed by atoms with Gasteiger partial charge >= 0.3 is 12.1 Å². The number of nitrogens with zero attached hydrogens (tertiary/aromatic N) is 1. The number of carbonyl (C=O) groups excluding carboxylic acids is 1. The lowest BCUT2D eigenvalue weighted by Crippen LogP contribution is -2.49. The Labute approximate surface area is 118 Å². The fraction of sp³-hybridized carbons (Fsp3) is 0.818. The summed E-state index contributed by atoms with van der Waals surface area (Å²) in [5, 5.41) is 8.89. The molecule has 0 spiro atoms. The molecule has 2 atom stereocenters. The lowest BCUT2D eigenvalue weighted by molar-refractivity contribution is -0.227. The number of nitrogens with two attached hydrogens (primary N) is 1. The van der Waals surface area contributed by atoms with Gasteiger partial charge in [0.15, 0.2) is 5.41 Å². The molecule has 1 aliphatic rings. The Bertz CT molecular complexity index is 392. The van der Waals surface area contributed by atoms with Crippen LogP contribution in [-0.4, -0.2) is 59.2 Å². The molecule has 1 fully saturated rings. The number of carbonyl (C=O) groups is 2. The Morgan fingerprint density at radius 1 is 1.50 bits per heavy atom. The summed E-state index contributed by atoms with van der Waals surface area (Å²) in [5.41, 5.74) is 2.75. The highest BCUT2D eigenvalue weighted by atomic mass is 32.2. The molecule has 0 bridgehead atoms. The molecule has 0 aromatic carbocycles. The molecule has 1 heterocycles. The molecule has 9 heteroatoms. The largest absolute Gasteiger partial charge is 0.481 e. The van der Waals surface area contributed by atoms with Crippen molar-refractivity contribution in [1.29, 1.82) is 0 Å². The summed E-state index contributed by atoms with van der Waals surface area (Å²) in [4.78, 5) is 23.8. The van der Waals surface area contributed by atoms with E-state index in [1.54, 1.807) is 0 Å². The average molecular weight is 314 g/mol. The predicted molar refractivity (Wildman–Crippen MR) is 68.3 cm³/mol. The minimum atomic E-state index is -4.89. The van der Waals surface area contributed by atoms with Crippen molar-refractivity contribution < 1.29 is 27.9 Å². The summed E-state index contributed by atoms with van der Waals surface area (Å²) in [6.45, 7) is -1.10. The molecule has 0 aromatic rings. The highest BCUT2D eigenvalue weighted by Gasteiger charge is 2.64. The molecular weight excluding hydrogens is 297 g/mol. The molecule has 5 nitrogen and oxygen atoms in total. The molecule has 1 unspecified atom stereocenters. The second kappa shape index (κ2) is 6.21. The molecule has 0 aliphatic carbocycles. The summed E-state index contributed by atoms with van der Waals surface area (Å²) < 4.78 is 38.9. The average Bonchev–Trinajstić information content (AvgIpc) is 2.80. The van der Waals surface area contributed by atoms with Crippen molar-refractivity contribution in [2.24, 2.45) is 11.1 Å². The summed E-state index contributed by atoms with van der Waals surface area (Å²) in [5.74, 6) is -1.95. The second-order valence-corrected chi connectivity index (χ2v) is 5.77. The third-order valence-electron chi connectivity index (χ3n) is 3.48. The van der Waals surface area contributed by atoms with Gasteiger partial charge in [-0.05, 0) is 24.9 Å². The monoisotopic (exact) mass is 314 g/mol. The number of likely N-dealkylation sites (tertiary alicyclic amines) is 1. The first-order valence-corrected chi connectivity index (χ1v) is 7.38. The van der Waals surface area contributed by atoms with Crippen LogP contribution in [0, 0.1) is 5.41 Å². The van der Waals surface area contributed by atoms with Gasteiger partial charge in [-0.1, -0.05) is 0 Å². The molecule has 3 N–H and O–H groups in total. The lowest BCUT2D eigenvalue weighted by Gasteiger charge is -2.28. The van der Waals surface area contributed by atoms with Gasteiger partial charge in [-0.3, -0.25) is 9.59 Å². The van der Waals surface area contributed by atoms with E-state index in [0.29, 0.717) is 12.2 Å². The Hall–Kier alpha value is -0.960. The molecule has 116 valence electrons. The number of amides is 1. The quantitative estimate of drug-likeness (QED) is 0.789. The number of halogens is 3. The van der Waals surface area contributed by atoms with Crippen molar-refractivity contribution in [2.75, 3.05) is 25.1 Å². The van der Waals surface area contributed by atoms with Crippen LogP contribution in [0.4, 0.5) is 13.2 Å². The van der Waals surface area contributed by atoms with Crippen LogP contribution in [0.3, 0.4) is 0 Å². The maximum absolute atomic E-state index is 13.0. The zero-order chi connectivity index (χ0) is 15.6. The second-order valence-electron chi connectivity index (χ2n) is 4.78. The number of thioether (sulfide) groups is 1. The zero-order valence-corrected chi connectivity index (χ0v) is 11.8. The van der Waals surface area contributed by atoms with E-state index in [4.69, 9.17) is 10.8 Å². The van der Waals surface area contributed by atoms with Crippen molar-refractivity contribution >= 4 is 23.6 Å². The van der Waals surface area contributed by atoms with E-state index >= 15 is 0 Å². The molecule has 1 rings (SSSR count). The number of hydrogen-bond donors (Lipinski definition) is 2. The van der Waals surface area contributed by atoms with Crippen molar-refractivity contribution in [3.63, 3.8) is 0 Å². The van der Waals surface area contributed by atoms with Crippen molar-refractivity contribution in [3.8, 4) is 0 Å². The van der Waals surface area contributed by atoms with Gasteiger partial charge in [-0.25, -0.2) is 0 Å². The van der Waals surface area contributed by atoms with E-state index in [1.807, 2.05) is 6.26 Å². The van der Waals surface area contributed by atoms with Crippen LogP contribution in [0.25, 0.3) is 0 Å². The summed E-state index contributed by atoms with van der Waals surface area (Å²) in [6, 6.07) is -0.889. The third-order valence-corrected chi connectivity index (χ3v) is 4.13. The van der Waals surface area contributed by atoms with Crippen molar-refractivity contribution in [2.45, 2.75) is 25.1 Å². The Morgan fingerprint density at radius 3 is 2.50 bits per heavy atom. The lowest BCUT2D eigenvalue weighted by atomic mass is 9.86. The van der Waals surface area contributed by atoms with Gasteiger partial charge in [0.2, 0.25) is 5.91 Å². The molecule has 0 saturated carbocycles. The van der Waals surface area contributed by atoms with E-state index < -0.39 is 42.5 Å². The van der Waals surface area contributed by atoms with Crippen LogP contribution in [0.1, 0.15) is 12.8 Å². The molecule has 1 saturated heterocycles. The summed E-state index contributed by atoms with van der Waals surface area (Å²) >= 11 is 1.47. The van der Waals surface area contributed by atoms with Crippen molar-refractivity contribution in [1.82, 2.24) is 4.90 Å². The molecule has 1 amide bonds. The maximum Gasteiger partial charge on any atom is 0.406 e. The van der Waals surface area contributed by atoms with Gasteiger partial charge in [0.25, 0.3) is 0 Å². The number of alkyl halides is 3. The number of hydrogen-bond acceptors (Lipinski definition) is 4. The third kappa shape index (κ3) is 3.20. The van der Waals surface area contributed by atoms with Crippen LogP contribution >= 0.6 is 11.8 Å². The number of rotatable bonds is 5. The zero-order valence-electron chi connectivity index (χ0n) is 10.9. The van der Waals surface area contributed by atoms with E-state index in [-0.39, 0.29) is 6.54 Å². The Balaban J connectivity index is 2.79. The van der Waals surface area contributed by atoms with Gasteiger partial charge in [-0.2, -0.15) is 24.9 Å². The fourth-order valence-electron chi connectivity index (χ4n) is 2.13. The van der Waals surface area contributed by atoms with Crippen molar-refractivity contribution in [3.05, 3.63) is 0 Å². The first-order valence-electron chi connectivity index (χ1n) is 5.99.